The van der Waals surface area contributed by atoms with Gasteiger partial charge in [-0.25, -0.2) is 13.6 Å². The normalized spacial score (nSPS) is 17.8. The highest BCUT2D eigenvalue weighted by atomic mass is 32.1. The molecular weight excluding hydrogens is 673 g/mol. The number of carbonyl (C=O) groups is 2. The summed E-state index contributed by atoms with van der Waals surface area (Å²) in [6.45, 7) is 5.90. The lowest BCUT2D eigenvalue weighted by Gasteiger charge is -2.39. The highest BCUT2D eigenvalue weighted by Gasteiger charge is 2.60. The Morgan fingerprint density at radius 1 is 0.922 bits per heavy atom. The first-order valence-electron chi connectivity index (χ1n) is 18.5. The third-order valence-corrected chi connectivity index (χ3v) is 10.2. The number of ether oxygens (including phenoxy) is 2. The van der Waals surface area contributed by atoms with Crippen LogP contribution in [0.2, 0.25) is 0 Å². The van der Waals surface area contributed by atoms with Crippen LogP contribution < -0.4 is 0 Å². The van der Waals surface area contributed by atoms with Gasteiger partial charge in [0.05, 0.1) is 12.0 Å². The van der Waals surface area contributed by atoms with Crippen LogP contribution in [0.4, 0.5) is 8.78 Å². The van der Waals surface area contributed by atoms with Crippen molar-refractivity contribution in [2.75, 3.05) is 13.7 Å². The Bertz CT molecular complexity index is 1370. The molecule has 1 heterocycles. The van der Waals surface area contributed by atoms with E-state index in [9.17, 15) is 28.6 Å². The smallest absolute Gasteiger partial charge is 0.336 e. The maximum absolute atomic E-state index is 14.7. The van der Waals surface area contributed by atoms with Crippen molar-refractivity contribution in [1.29, 1.82) is 0 Å². The van der Waals surface area contributed by atoms with Gasteiger partial charge in [-0.2, -0.15) is 0 Å². The zero-order chi connectivity index (χ0) is 37.5. The average molecular weight is 730 g/mol. The van der Waals surface area contributed by atoms with Crippen molar-refractivity contribution < 1.29 is 38.1 Å². The molecule has 282 valence electrons. The number of carboxylic acids is 1. The Morgan fingerprint density at radius 2 is 1.45 bits per heavy atom. The minimum atomic E-state index is -2.64. The summed E-state index contributed by atoms with van der Waals surface area (Å²) in [7, 11) is 1.39. The van der Waals surface area contributed by atoms with Crippen LogP contribution in [0.25, 0.3) is 0 Å². The molecule has 2 aromatic rings. The first-order valence-corrected chi connectivity index (χ1v) is 18.9. The molecular formula is C41H57F2NO6S. The maximum Gasteiger partial charge on any atom is 0.336 e. The monoisotopic (exact) mass is 729 g/mol. The number of aliphatic hydroxyl groups is 1. The Morgan fingerprint density at radius 3 is 1.94 bits per heavy atom. The Kier molecular flexibility index (Phi) is 16.7. The fourth-order valence-electron chi connectivity index (χ4n) is 7.13. The van der Waals surface area contributed by atoms with Gasteiger partial charge in [0.15, 0.2) is 11.2 Å². The molecule has 2 aromatic carbocycles. The number of nitrogens with zero attached hydrogens (tertiary/aromatic N) is 1. The maximum atomic E-state index is 14.7. The van der Waals surface area contributed by atoms with E-state index in [4.69, 9.17) is 21.7 Å². The molecule has 1 amide bonds. The predicted molar refractivity (Wildman–Crippen MR) is 201 cm³/mol. The van der Waals surface area contributed by atoms with Gasteiger partial charge < -0.3 is 19.7 Å². The lowest BCUT2D eigenvalue weighted by Crippen LogP contribution is -2.57. The lowest BCUT2D eigenvalue weighted by molar-refractivity contribution is -0.170. The predicted octanol–water partition coefficient (Wildman–Crippen LogP) is 9.46. The SMILES string of the molecule is CCCCCCCC(F)(F)CCCCCC/C=C/[C@H](C(=O)N1C(=S)OC(c2ccccc2)(c2ccccc2)[C@@H]1C(C)C)[C@@](O)(CCOC)C(=O)O. The van der Waals surface area contributed by atoms with Crippen LogP contribution >= 0.6 is 12.2 Å². The standard InChI is InChI=1S/C41H57F2NO6S/c1-5-6-7-11-20-27-39(42,43)28-21-12-9-8-10-19-26-34(40(48,37(46)47)29-30-49-4)36(45)44-35(31(2)3)41(50-38(44)51,32-22-15-13-16-23-32)33-24-17-14-18-25-33/h13-19,22-26,31,34-35,48H,5-12,20-21,27-30H2,1-4H3,(H,46,47)/b26-19+/t34-,35+,40+/m1/s1. The minimum Gasteiger partial charge on any atom is -0.479 e. The molecule has 0 aromatic heterocycles. The van der Waals surface area contributed by atoms with Gasteiger partial charge in [0.1, 0.15) is 0 Å². The number of methoxy groups -OCH3 is 1. The number of halogens is 2. The second-order valence-electron chi connectivity index (χ2n) is 14.1. The van der Waals surface area contributed by atoms with Crippen LogP contribution in [0.1, 0.15) is 115 Å². The molecule has 0 spiro atoms. The van der Waals surface area contributed by atoms with Crippen molar-refractivity contribution in [2.24, 2.45) is 11.8 Å². The number of rotatable bonds is 23. The van der Waals surface area contributed by atoms with Gasteiger partial charge in [0.2, 0.25) is 11.8 Å². The van der Waals surface area contributed by atoms with Gasteiger partial charge in [-0.05, 0) is 43.8 Å². The van der Waals surface area contributed by atoms with Crippen LogP contribution in [0.3, 0.4) is 0 Å². The van der Waals surface area contributed by atoms with E-state index >= 15 is 0 Å². The molecule has 3 rings (SSSR count). The zero-order valence-corrected chi connectivity index (χ0v) is 31.5. The van der Waals surface area contributed by atoms with E-state index in [-0.39, 0.29) is 37.0 Å². The molecule has 7 nitrogen and oxygen atoms in total. The molecule has 0 radical (unpaired) electrons. The molecule has 0 saturated carbocycles. The van der Waals surface area contributed by atoms with E-state index in [0.717, 1.165) is 36.8 Å². The summed E-state index contributed by atoms with van der Waals surface area (Å²) >= 11 is 5.77. The zero-order valence-electron chi connectivity index (χ0n) is 30.7. The van der Waals surface area contributed by atoms with Gasteiger partial charge in [0.25, 0.3) is 5.17 Å². The number of unbranched alkanes of at least 4 members (excludes halogenated alkanes) is 8. The highest BCUT2D eigenvalue weighted by Crippen LogP contribution is 2.48. The highest BCUT2D eigenvalue weighted by molar-refractivity contribution is 7.80. The topological polar surface area (TPSA) is 96.3 Å². The summed E-state index contributed by atoms with van der Waals surface area (Å²) in [5.41, 5.74) is -2.15. The van der Waals surface area contributed by atoms with Gasteiger partial charge in [-0.15, -0.1) is 0 Å². The number of benzene rings is 2. The summed E-state index contributed by atoms with van der Waals surface area (Å²) in [5, 5.41) is 21.9. The van der Waals surface area contributed by atoms with Crippen molar-refractivity contribution >= 4 is 29.3 Å². The lowest BCUT2D eigenvalue weighted by atomic mass is 9.75. The van der Waals surface area contributed by atoms with E-state index in [2.05, 4.69) is 6.92 Å². The second-order valence-corrected chi connectivity index (χ2v) is 14.4. The molecule has 2 N–H and O–H groups in total. The third-order valence-electron chi connectivity index (χ3n) is 9.89. The number of hydrogen-bond acceptors (Lipinski definition) is 6. The van der Waals surface area contributed by atoms with E-state index in [1.165, 1.54) is 18.1 Å². The van der Waals surface area contributed by atoms with E-state index < -0.39 is 41.0 Å². The summed E-state index contributed by atoms with van der Waals surface area (Å²) < 4.78 is 40.4. The number of thiocarbonyl (C=S) groups is 1. The summed E-state index contributed by atoms with van der Waals surface area (Å²) in [5.74, 6) is -6.63. The molecule has 1 aliphatic heterocycles. The molecule has 0 unspecified atom stereocenters. The van der Waals surface area contributed by atoms with Crippen LogP contribution in [-0.2, 0) is 24.7 Å². The van der Waals surface area contributed by atoms with Crippen LogP contribution in [0.5, 0.6) is 0 Å². The molecule has 3 atom stereocenters. The number of hydrogen-bond donors (Lipinski definition) is 2. The number of aliphatic carboxylic acids is 1. The molecule has 10 heteroatoms. The molecule has 1 fully saturated rings. The fourth-order valence-corrected chi connectivity index (χ4v) is 7.46. The number of alkyl halides is 2. The Labute approximate surface area is 308 Å². The second kappa shape index (κ2) is 20.1. The quantitative estimate of drug-likeness (QED) is 0.0669. The molecule has 1 aliphatic rings. The van der Waals surface area contributed by atoms with Gasteiger partial charge in [-0.3, -0.25) is 9.69 Å². The minimum absolute atomic E-state index is 0.0641. The molecule has 0 bridgehead atoms. The van der Waals surface area contributed by atoms with Gasteiger partial charge >= 0.3 is 5.97 Å². The first-order chi connectivity index (χ1) is 24.4. The number of carboxylic acid groups (broad SMARTS) is 1. The van der Waals surface area contributed by atoms with Crippen molar-refractivity contribution in [3.8, 4) is 0 Å². The third kappa shape index (κ3) is 10.9. The number of carbonyl (C=O) groups excluding carboxylic acids is 1. The van der Waals surface area contributed by atoms with Crippen molar-refractivity contribution in [2.45, 2.75) is 127 Å². The van der Waals surface area contributed by atoms with Crippen LogP contribution in [0, 0.1) is 11.8 Å². The summed E-state index contributed by atoms with van der Waals surface area (Å²) in [6.07, 6.45) is 10.1. The van der Waals surface area contributed by atoms with E-state index in [1.807, 2.05) is 74.5 Å². The molecule has 0 aliphatic carbocycles. The van der Waals surface area contributed by atoms with Gasteiger partial charge in [0, 0.05) is 44.1 Å². The summed E-state index contributed by atoms with van der Waals surface area (Å²) in [6, 6.07) is 18.3. The number of allylic oxidation sites excluding steroid dienone is 1. The Hall–Kier alpha value is -3.21. The molecule has 1 saturated heterocycles. The van der Waals surface area contributed by atoms with E-state index in [0.29, 0.717) is 38.5 Å². The van der Waals surface area contributed by atoms with Gasteiger partial charge in [-0.1, -0.05) is 132 Å². The molecule has 51 heavy (non-hydrogen) atoms. The van der Waals surface area contributed by atoms with Crippen LogP contribution in [0.15, 0.2) is 72.8 Å². The summed E-state index contributed by atoms with van der Waals surface area (Å²) in [4.78, 5) is 28.8. The Balaban J connectivity index is 1.82. The van der Waals surface area contributed by atoms with Crippen molar-refractivity contribution in [1.82, 2.24) is 4.90 Å². The average Bonchev–Trinajstić information content (AvgIpc) is 3.44. The fraction of sp³-hybridized carbons (Fsp3) is 0.585. The van der Waals surface area contributed by atoms with E-state index in [1.54, 1.807) is 6.08 Å². The first kappa shape index (κ1) is 42.2. The number of amides is 1. The van der Waals surface area contributed by atoms with Crippen molar-refractivity contribution in [3.63, 3.8) is 0 Å². The van der Waals surface area contributed by atoms with Crippen LogP contribution in [-0.4, -0.2) is 63.4 Å². The largest absolute Gasteiger partial charge is 0.479 e. The van der Waals surface area contributed by atoms with Crippen molar-refractivity contribution in [3.05, 3.63) is 83.9 Å².